The highest BCUT2D eigenvalue weighted by atomic mass is 35.5. The number of piperazine rings is 2. The molecular weight excluding hydrogens is 538 g/mol. The highest BCUT2D eigenvalue weighted by molar-refractivity contribution is 6.30. The molecule has 0 spiro atoms. The molecule has 0 saturated carbocycles. The van der Waals surface area contributed by atoms with E-state index >= 15 is 0 Å². The van der Waals surface area contributed by atoms with Crippen molar-refractivity contribution in [2.75, 3.05) is 67.1 Å². The monoisotopic (exact) mass is 569 g/mol. The Morgan fingerprint density at radius 2 is 1.20 bits per heavy atom. The summed E-state index contributed by atoms with van der Waals surface area (Å²) in [6.45, 7) is 5.45. The molecule has 2 aliphatic heterocycles. The van der Waals surface area contributed by atoms with Crippen LogP contribution in [0.3, 0.4) is 0 Å². The second kappa shape index (κ2) is 12.1. The Balaban J connectivity index is 1.19. The van der Waals surface area contributed by atoms with Gasteiger partial charge in [0.25, 0.3) is 0 Å². The molecule has 6 rings (SSSR count). The zero-order valence-electron chi connectivity index (χ0n) is 22.7. The summed E-state index contributed by atoms with van der Waals surface area (Å²) in [5.41, 5.74) is 3.51. The van der Waals surface area contributed by atoms with Crippen LogP contribution in [0, 0.1) is 10.1 Å². The van der Waals surface area contributed by atoms with E-state index in [1.54, 1.807) is 0 Å². The standard InChI is InChI=1S/C31H32ClN7O2/c32-26-12-7-13-27(22-26)35-14-18-37(19-15-35)30-29(39(40)41)31(34-23-33-30)38-20-16-36(17-21-38)28(24-8-3-1-4-9-24)25-10-5-2-6-11-25/h1-13,22-23,28H,14-21H2. The smallest absolute Gasteiger partial charge is 0.353 e. The van der Waals surface area contributed by atoms with Gasteiger partial charge in [-0.3, -0.25) is 15.0 Å². The van der Waals surface area contributed by atoms with Gasteiger partial charge >= 0.3 is 5.69 Å². The number of nitrogens with zero attached hydrogens (tertiary/aromatic N) is 7. The SMILES string of the molecule is O=[N+]([O-])c1c(N2CCN(c3cccc(Cl)c3)CC2)ncnc1N1CCN(C(c2ccccc2)c2ccccc2)CC1. The van der Waals surface area contributed by atoms with Crippen molar-refractivity contribution < 1.29 is 4.92 Å². The molecule has 0 aliphatic carbocycles. The van der Waals surface area contributed by atoms with Gasteiger partial charge in [0.15, 0.2) is 0 Å². The predicted octanol–water partition coefficient (Wildman–Crippen LogP) is 5.28. The van der Waals surface area contributed by atoms with Crippen molar-refractivity contribution in [3.05, 3.63) is 118 Å². The third kappa shape index (κ3) is 5.82. The Morgan fingerprint density at radius 3 is 1.71 bits per heavy atom. The maximum Gasteiger partial charge on any atom is 0.353 e. The summed E-state index contributed by atoms with van der Waals surface area (Å²) in [5, 5.41) is 13.1. The predicted molar refractivity (Wildman–Crippen MR) is 163 cm³/mol. The van der Waals surface area contributed by atoms with E-state index in [2.05, 4.69) is 68.3 Å². The maximum atomic E-state index is 12.4. The Bertz CT molecular complexity index is 1440. The molecule has 210 valence electrons. The molecule has 3 heterocycles. The molecule has 2 aliphatic rings. The third-order valence-corrected chi connectivity index (χ3v) is 8.16. The van der Waals surface area contributed by atoms with Crippen LogP contribution in [0.25, 0.3) is 0 Å². The van der Waals surface area contributed by atoms with Crippen LogP contribution < -0.4 is 14.7 Å². The maximum absolute atomic E-state index is 12.4. The number of hydrogen-bond donors (Lipinski definition) is 0. The zero-order chi connectivity index (χ0) is 28.2. The van der Waals surface area contributed by atoms with Gasteiger partial charge in [0.2, 0.25) is 11.6 Å². The zero-order valence-corrected chi connectivity index (χ0v) is 23.5. The van der Waals surface area contributed by atoms with E-state index in [0.717, 1.165) is 31.9 Å². The lowest BCUT2D eigenvalue weighted by molar-refractivity contribution is -0.383. The first-order chi connectivity index (χ1) is 20.1. The summed E-state index contributed by atoms with van der Waals surface area (Å²) >= 11 is 6.19. The van der Waals surface area contributed by atoms with E-state index in [-0.39, 0.29) is 16.7 Å². The molecule has 0 N–H and O–H groups in total. The molecule has 2 saturated heterocycles. The summed E-state index contributed by atoms with van der Waals surface area (Å²) in [6, 6.07) is 28.9. The molecule has 0 unspecified atom stereocenters. The van der Waals surface area contributed by atoms with E-state index in [0.29, 0.717) is 42.8 Å². The van der Waals surface area contributed by atoms with Crippen LogP contribution in [-0.4, -0.2) is 72.1 Å². The molecule has 0 atom stereocenters. The van der Waals surface area contributed by atoms with Crippen LogP contribution in [0.1, 0.15) is 17.2 Å². The Kier molecular flexibility index (Phi) is 7.98. The lowest BCUT2D eigenvalue weighted by Gasteiger charge is -2.40. The largest absolute Gasteiger partial charge is 0.368 e. The second-order valence-electron chi connectivity index (χ2n) is 10.3. The van der Waals surface area contributed by atoms with Gasteiger partial charge in [0.1, 0.15) is 6.33 Å². The number of anilines is 3. The van der Waals surface area contributed by atoms with Gasteiger partial charge in [-0.25, -0.2) is 9.97 Å². The topological polar surface area (TPSA) is 81.9 Å². The van der Waals surface area contributed by atoms with Gasteiger partial charge in [0, 0.05) is 63.1 Å². The highest BCUT2D eigenvalue weighted by Crippen LogP contribution is 2.37. The number of aromatic nitrogens is 2. The van der Waals surface area contributed by atoms with Crippen LogP contribution in [0.15, 0.2) is 91.3 Å². The van der Waals surface area contributed by atoms with E-state index in [1.807, 2.05) is 46.2 Å². The van der Waals surface area contributed by atoms with Gasteiger partial charge in [-0.15, -0.1) is 0 Å². The first-order valence-corrected chi connectivity index (χ1v) is 14.3. The number of hydrogen-bond acceptors (Lipinski definition) is 8. The van der Waals surface area contributed by atoms with Gasteiger partial charge in [-0.1, -0.05) is 78.3 Å². The van der Waals surface area contributed by atoms with Crippen molar-refractivity contribution in [2.24, 2.45) is 0 Å². The van der Waals surface area contributed by atoms with Crippen molar-refractivity contribution in [1.29, 1.82) is 0 Å². The van der Waals surface area contributed by atoms with Crippen LogP contribution in [-0.2, 0) is 0 Å². The molecule has 0 amide bonds. The second-order valence-corrected chi connectivity index (χ2v) is 10.8. The average molecular weight is 570 g/mol. The number of halogens is 1. The lowest BCUT2D eigenvalue weighted by atomic mass is 9.96. The fourth-order valence-corrected chi connectivity index (χ4v) is 6.10. The minimum Gasteiger partial charge on any atom is -0.368 e. The fraction of sp³-hybridized carbons (Fsp3) is 0.290. The lowest BCUT2D eigenvalue weighted by Crippen LogP contribution is -2.49. The molecule has 1 aromatic heterocycles. The summed E-state index contributed by atoms with van der Waals surface area (Å²) in [6.07, 6.45) is 1.46. The van der Waals surface area contributed by atoms with Gasteiger partial charge in [-0.05, 0) is 29.3 Å². The van der Waals surface area contributed by atoms with Gasteiger partial charge in [0.05, 0.1) is 11.0 Å². The Hall–Kier alpha value is -4.21. The highest BCUT2D eigenvalue weighted by Gasteiger charge is 2.34. The number of rotatable bonds is 7. The van der Waals surface area contributed by atoms with Crippen molar-refractivity contribution in [3.8, 4) is 0 Å². The molecule has 41 heavy (non-hydrogen) atoms. The minimum absolute atomic E-state index is 0.0141. The molecule has 0 bridgehead atoms. The Labute approximate surface area is 244 Å². The molecule has 0 radical (unpaired) electrons. The molecular formula is C31H32ClN7O2. The normalized spacial score (nSPS) is 16.3. The van der Waals surface area contributed by atoms with E-state index in [4.69, 9.17) is 11.6 Å². The molecule has 9 nitrogen and oxygen atoms in total. The molecule has 3 aromatic carbocycles. The minimum atomic E-state index is -0.322. The summed E-state index contributed by atoms with van der Waals surface area (Å²) in [7, 11) is 0. The fourth-order valence-electron chi connectivity index (χ4n) is 5.91. The molecule has 2 fully saturated rings. The van der Waals surface area contributed by atoms with E-state index < -0.39 is 0 Å². The third-order valence-electron chi connectivity index (χ3n) is 7.93. The van der Waals surface area contributed by atoms with Crippen LogP contribution >= 0.6 is 11.6 Å². The summed E-state index contributed by atoms with van der Waals surface area (Å²) in [5.74, 6) is 0.785. The van der Waals surface area contributed by atoms with Crippen molar-refractivity contribution in [1.82, 2.24) is 14.9 Å². The average Bonchev–Trinajstić information content (AvgIpc) is 3.02. The number of nitro groups is 1. The first kappa shape index (κ1) is 27.0. The van der Waals surface area contributed by atoms with Crippen LogP contribution in [0.2, 0.25) is 5.02 Å². The summed E-state index contributed by atoms with van der Waals surface area (Å²) < 4.78 is 0. The molecule has 10 heteroatoms. The van der Waals surface area contributed by atoms with Crippen molar-refractivity contribution in [3.63, 3.8) is 0 Å². The summed E-state index contributed by atoms with van der Waals surface area (Å²) in [4.78, 5) is 29.7. The Morgan fingerprint density at radius 1 is 0.683 bits per heavy atom. The van der Waals surface area contributed by atoms with Crippen molar-refractivity contribution >= 4 is 34.6 Å². The van der Waals surface area contributed by atoms with Gasteiger partial charge in [-0.2, -0.15) is 0 Å². The van der Waals surface area contributed by atoms with E-state index in [1.165, 1.54) is 17.5 Å². The van der Waals surface area contributed by atoms with E-state index in [9.17, 15) is 10.1 Å². The number of benzene rings is 3. The molecule has 4 aromatic rings. The quantitative estimate of drug-likeness (QED) is 0.220. The van der Waals surface area contributed by atoms with Crippen molar-refractivity contribution in [2.45, 2.75) is 6.04 Å². The van der Waals surface area contributed by atoms with Crippen LogP contribution in [0.4, 0.5) is 23.0 Å². The van der Waals surface area contributed by atoms with Crippen LogP contribution in [0.5, 0.6) is 0 Å². The van der Waals surface area contributed by atoms with Gasteiger partial charge < -0.3 is 14.7 Å². The first-order valence-electron chi connectivity index (χ1n) is 13.9.